The number of aromatic nitrogens is 4. The molecule has 3 saturated heterocycles. The van der Waals surface area contributed by atoms with Crippen molar-refractivity contribution >= 4 is 31.6 Å². The van der Waals surface area contributed by atoms with E-state index in [1.54, 1.807) is 16.7 Å². The Morgan fingerprint density at radius 2 is 2.11 bits per heavy atom. The van der Waals surface area contributed by atoms with Gasteiger partial charge in [-0.3, -0.25) is 19.1 Å². The molecule has 28 heavy (non-hydrogen) atoms. The molecule has 3 fully saturated rings. The van der Waals surface area contributed by atoms with Gasteiger partial charge in [0, 0.05) is 11.7 Å². The summed E-state index contributed by atoms with van der Waals surface area (Å²) in [7, 11) is 5.87. The summed E-state index contributed by atoms with van der Waals surface area (Å²) in [5.41, 5.74) is -0.0101. The van der Waals surface area contributed by atoms with Gasteiger partial charge in [0.2, 0.25) is 11.7 Å². The standard InChI is InChI=1S/C18H18BN5O3S/c19-24-17(20-21-22-24)18-12(9-14(25)27-18)10-28-16-13(15(26)23(16)18)8-4-7-11-5-2-1-3-6-11/h1-3,5-6,12-13,16H,4,7-10H2/t12-,13+,16+,18+/m0/s1. The van der Waals surface area contributed by atoms with Crippen LogP contribution in [-0.2, 0) is 26.5 Å². The van der Waals surface area contributed by atoms with Gasteiger partial charge in [0.05, 0.1) is 17.7 Å². The van der Waals surface area contributed by atoms with Crippen LogP contribution in [0.25, 0.3) is 0 Å². The molecule has 1 aromatic carbocycles. The Bertz CT molecular complexity index is 925. The number of tetrazole rings is 1. The summed E-state index contributed by atoms with van der Waals surface area (Å²) in [6.45, 7) is 0. The number of thioether (sulfide) groups is 1. The van der Waals surface area contributed by atoms with E-state index in [0.717, 1.165) is 23.9 Å². The number of carbonyl (C=O) groups is 2. The molecule has 5 rings (SSSR count). The maximum absolute atomic E-state index is 13.1. The van der Waals surface area contributed by atoms with E-state index in [2.05, 4.69) is 27.7 Å². The van der Waals surface area contributed by atoms with Crippen molar-refractivity contribution in [2.75, 3.05) is 5.75 Å². The summed E-state index contributed by atoms with van der Waals surface area (Å²) < 4.78 is 6.72. The molecule has 0 bridgehead atoms. The van der Waals surface area contributed by atoms with Crippen LogP contribution in [0.2, 0.25) is 0 Å². The first-order valence-corrected chi connectivity index (χ1v) is 10.4. The van der Waals surface area contributed by atoms with Gasteiger partial charge in [-0.1, -0.05) is 35.5 Å². The lowest BCUT2D eigenvalue weighted by molar-refractivity contribution is -0.215. The summed E-state index contributed by atoms with van der Waals surface area (Å²) in [6, 6.07) is 10.3. The SMILES string of the molecule is [B]n1nnnc1[C@]12OC(=O)C[C@H]1CS[C@@H]1[C@H](CCCc3ccccc3)C(=O)N12. The molecule has 0 spiro atoms. The van der Waals surface area contributed by atoms with E-state index in [0.29, 0.717) is 5.75 Å². The van der Waals surface area contributed by atoms with Gasteiger partial charge in [-0.2, -0.15) is 0 Å². The van der Waals surface area contributed by atoms with Crippen LogP contribution < -0.4 is 0 Å². The summed E-state index contributed by atoms with van der Waals surface area (Å²) >= 11 is 1.71. The van der Waals surface area contributed by atoms with E-state index in [4.69, 9.17) is 12.7 Å². The predicted octanol–water partition coefficient (Wildman–Crippen LogP) is 0.875. The van der Waals surface area contributed by atoms with Crippen LogP contribution in [0, 0.1) is 11.8 Å². The molecule has 4 atom stereocenters. The largest absolute Gasteiger partial charge is 0.430 e. The van der Waals surface area contributed by atoms with Crippen molar-refractivity contribution in [3.05, 3.63) is 41.7 Å². The quantitative estimate of drug-likeness (QED) is 0.422. The number of ether oxygens (including phenoxy) is 1. The van der Waals surface area contributed by atoms with Crippen LogP contribution in [0.3, 0.4) is 0 Å². The lowest BCUT2D eigenvalue weighted by atomic mass is 9.83. The zero-order chi connectivity index (χ0) is 19.3. The number of aryl methyl sites for hydroxylation is 1. The van der Waals surface area contributed by atoms with E-state index in [9.17, 15) is 9.59 Å². The topological polar surface area (TPSA) is 90.2 Å². The maximum Gasteiger partial charge on any atom is 0.308 e. The van der Waals surface area contributed by atoms with Gasteiger partial charge in [-0.05, 0) is 30.0 Å². The van der Waals surface area contributed by atoms with Gasteiger partial charge in [-0.15, -0.1) is 16.9 Å². The number of esters is 1. The molecule has 1 amide bonds. The predicted molar refractivity (Wildman–Crippen MR) is 101 cm³/mol. The molecule has 10 heteroatoms. The van der Waals surface area contributed by atoms with Crippen molar-refractivity contribution in [3.63, 3.8) is 0 Å². The lowest BCUT2D eigenvalue weighted by Gasteiger charge is -2.58. The number of fused-ring (bicyclic) bond motifs is 3. The van der Waals surface area contributed by atoms with E-state index >= 15 is 0 Å². The Morgan fingerprint density at radius 3 is 2.86 bits per heavy atom. The smallest absolute Gasteiger partial charge is 0.308 e. The fourth-order valence-corrected chi connectivity index (χ4v) is 6.21. The highest BCUT2D eigenvalue weighted by molar-refractivity contribution is 8.00. The summed E-state index contributed by atoms with van der Waals surface area (Å²) in [6.07, 6.45) is 2.89. The Balaban J connectivity index is 1.36. The van der Waals surface area contributed by atoms with Crippen molar-refractivity contribution in [1.82, 2.24) is 25.0 Å². The minimum Gasteiger partial charge on any atom is -0.430 e. The highest BCUT2D eigenvalue weighted by Gasteiger charge is 2.69. The first-order chi connectivity index (χ1) is 13.6. The van der Waals surface area contributed by atoms with Gasteiger partial charge in [0.25, 0.3) is 13.7 Å². The first-order valence-electron chi connectivity index (χ1n) is 9.35. The van der Waals surface area contributed by atoms with E-state index in [1.165, 1.54) is 5.56 Å². The zero-order valence-corrected chi connectivity index (χ0v) is 15.9. The fourth-order valence-electron chi connectivity index (χ4n) is 4.54. The third-order valence-corrected chi connectivity index (χ3v) is 7.33. The van der Waals surface area contributed by atoms with E-state index < -0.39 is 5.72 Å². The molecule has 4 heterocycles. The lowest BCUT2D eigenvalue weighted by Crippen LogP contribution is -2.71. The molecule has 1 aromatic heterocycles. The van der Waals surface area contributed by atoms with Crippen LogP contribution in [-0.4, -0.2) is 56.0 Å². The molecule has 0 unspecified atom stereocenters. The fraction of sp³-hybridized carbons (Fsp3) is 0.500. The minimum atomic E-state index is -1.28. The summed E-state index contributed by atoms with van der Waals surface area (Å²) in [4.78, 5) is 26.9. The molecular weight excluding hydrogens is 377 g/mol. The number of hydrogen-bond donors (Lipinski definition) is 0. The highest BCUT2D eigenvalue weighted by atomic mass is 32.2. The van der Waals surface area contributed by atoms with E-state index in [-0.39, 0.29) is 41.3 Å². The van der Waals surface area contributed by atoms with E-state index in [1.807, 2.05) is 18.2 Å². The minimum absolute atomic E-state index is 0.0204. The van der Waals surface area contributed by atoms with Gasteiger partial charge in [0.1, 0.15) is 0 Å². The average molecular weight is 395 g/mol. The Morgan fingerprint density at radius 1 is 1.29 bits per heavy atom. The van der Waals surface area contributed by atoms with Gasteiger partial charge in [0.15, 0.2) is 0 Å². The number of β-lactam (4-membered cyclic amide) rings is 1. The summed E-state index contributed by atoms with van der Waals surface area (Å²) in [5, 5.41) is 11.2. The average Bonchev–Trinajstić information content (AvgIpc) is 3.27. The van der Waals surface area contributed by atoms with Gasteiger partial charge in [-0.25, -0.2) is 0 Å². The van der Waals surface area contributed by atoms with Crippen molar-refractivity contribution in [2.24, 2.45) is 11.8 Å². The van der Waals surface area contributed by atoms with Crippen molar-refractivity contribution in [3.8, 4) is 0 Å². The maximum atomic E-state index is 13.1. The van der Waals surface area contributed by atoms with Crippen molar-refractivity contribution in [1.29, 1.82) is 0 Å². The third-order valence-electron chi connectivity index (χ3n) is 5.85. The molecule has 8 nitrogen and oxygen atoms in total. The molecule has 0 saturated carbocycles. The zero-order valence-electron chi connectivity index (χ0n) is 15.1. The van der Waals surface area contributed by atoms with Gasteiger partial charge < -0.3 is 4.74 Å². The third kappa shape index (κ3) is 2.50. The van der Waals surface area contributed by atoms with Crippen LogP contribution in [0.4, 0.5) is 0 Å². The number of hydrogen-bond acceptors (Lipinski definition) is 7. The number of carbonyl (C=O) groups excluding carboxylic acids is 2. The second-order valence-electron chi connectivity index (χ2n) is 7.44. The summed E-state index contributed by atoms with van der Waals surface area (Å²) in [5.74, 6) is 0.242. The second-order valence-corrected chi connectivity index (χ2v) is 8.58. The molecular formula is C18H18BN5O3S. The number of nitrogens with zero attached hydrogens (tertiary/aromatic N) is 5. The normalized spacial score (nSPS) is 31.1. The Labute approximate surface area is 167 Å². The molecule has 0 aliphatic carbocycles. The number of benzene rings is 1. The van der Waals surface area contributed by atoms with Gasteiger partial charge >= 0.3 is 5.97 Å². The molecule has 142 valence electrons. The molecule has 0 N–H and O–H groups in total. The highest BCUT2D eigenvalue weighted by Crippen LogP contribution is 2.57. The Kier molecular flexibility index (Phi) is 4.19. The van der Waals surface area contributed by atoms with Crippen LogP contribution in [0.1, 0.15) is 30.7 Å². The molecule has 3 aliphatic heterocycles. The van der Waals surface area contributed by atoms with Crippen LogP contribution in [0.5, 0.6) is 0 Å². The first kappa shape index (κ1) is 17.7. The van der Waals surface area contributed by atoms with Crippen LogP contribution >= 0.6 is 11.8 Å². The monoisotopic (exact) mass is 395 g/mol. The number of rotatable bonds is 5. The molecule has 3 aliphatic rings. The van der Waals surface area contributed by atoms with Crippen molar-refractivity contribution in [2.45, 2.75) is 36.8 Å². The Hall–Kier alpha value is -2.36. The van der Waals surface area contributed by atoms with Crippen LogP contribution in [0.15, 0.2) is 30.3 Å². The molecule has 2 radical (unpaired) electrons. The number of amides is 1. The van der Waals surface area contributed by atoms with Crippen molar-refractivity contribution < 1.29 is 14.3 Å². The molecule has 2 aromatic rings. The second kappa shape index (κ2) is 6.61.